The molecule has 0 spiro atoms. The van der Waals surface area contributed by atoms with E-state index in [2.05, 4.69) is 31.5 Å². The van der Waals surface area contributed by atoms with E-state index in [9.17, 15) is 43.2 Å². The summed E-state index contributed by atoms with van der Waals surface area (Å²) in [5, 5.41) is 16.0. The third-order valence-corrected chi connectivity index (χ3v) is 15.6. The fraction of sp³-hybridized carbons (Fsp3) is 0.468. The SMILES string of the molecule is CC(C)[C@H](NC(=O)CCOCCOCCOCCOCCNC(=O)CCN1C(=O)C=CC1=O)C(=O)NCC(=O)Nc1ccc(COC(=O)N2CCc3c2ccc2c3CC(C(=O)N3CCc4c3cc(OC(=O)N3CCN(C)CC3)c3ccccc43)N2)cc1. The van der Waals surface area contributed by atoms with Crippen molar-refractivity contribution in [3.63, 3.8) is 0 Å². The lowest BCUT2D eigenvalue weighted by atomic mass is 10.00. The molecule has 0 radical (unpaired) electrons. The summed E-state index contributed by atoms with van der Waals surface area (Å²) in [6.45, 7) is 9.26. The van der Waals surface area contributed by atoms with Gasteiger partial charge in [0.2, 0.25) is 29.5 Å². The molecule has 25 heteroatoms. The number of nitrogens with zero attached hydrogens (tertiary/aromatic N) is 5. The number of hydrogen-bond acceptors (Lipinski definition) is 17. The van der Waals surface area contributed by atoms with Crippen LogP contribution in [-0.2, 0) is 83.1 Å². The molecule has 2 atom stereocenters. The van der Waals surface area contributed by atoms with Gasteiger partial charge in [-0.15, -0.1) is 0 Å². The van der Waals surface area contributed by atoms with Gasteiger partial charge in [0.25, 0.3) is 11.8 Å². The second-order valence-electron chi connectivity index (χ2n) is 22.0. The molecule has 0 bridgehead atoms. The first-order valence-electron chi connectivity index (χ1n) is 29.6. The number of carbonyl (C=O) groups is 9. The van der Waals surface area contributed by atoms with Crippen molar-refractivity contribution < 1.29 is 71.6 Å². The molecule has 1 unspecified atom stereocenters. The summed E-state index contributed by atoms with van der Waals surface area (Å²) < 4.78 is 33.7. The number of amides is 9. The molecule has 5 aliphatic heterocycles. The minimum absolute atomic E-state index is 0.00579. The topological polar surface area (TPSA) is 285 Å². The lowest BCUT2D eigenvalue weighted by molar-refractivity contribution is -0.137. The number of ether oxygens (including phenoxy) is 6. The molecule has 464 valence electrons. The van der Waals surface area contributed by atoms with Crippen molar-refractivity contribution in [1.29, 1.82) is 0 Å². The Morgan fingerprint density at radius 2 is 1.30 bits per heavy atom. The number of anilines is 4. The molecule has 5 aliphatic rings. The van der Waals surface area contributed by atoms with E-state index in [4.69, 9.17) is 28.4 Å². The number of likely N-dealkylation sites (N-methyl/N-ethyl adjacent to an activating group) is 1. The van der Waals surface area contributed by atoms with Crippen LogP contribution in [0.25, 0.3) is 10.8 Å². The van der Waals surface area contributed by atoms with Crippen molar-refractivity contribution in [3.8, 4) is 5.75 Å². The summed E-state index contributed by atoms with van der Waals surface area (Å²) in [6.07, 6.45) is 3.16. The molecule has 9 amide bonds. The Bertz CT molecular complexity index is 3200. The van der Waals surface area contributed by atoms with Crippen LogP contribution in [0.2, 0.25) is 0 Å². The molecule has 0 aliphatic carbocycles. The van der Waals surface area contributed by atoms with Crippen LogP contribution in [-0.4, -0.2) is 199 Å². The number of rotatable bonds is 28. The molecule has 5 N–H and O–H groups in total. The monoisotopic (exact) mass is 1200 g/mol. The average Bonchev–Trinajstić information content (AvgIpc) is 1.88. The first kappa shape index (κ1) is 63.0. The zero-order chi connectivity index (χ0) is 61.4. The Kier molecular flexibility index (Phi) is 21.9. The van der Waals surface area contributed by atoms with Gasteiger partial charge in [0.05, 0.1) is 70.8 Å². The molecule has 9 rings (SSSR count). The Morgan fingerprint density at radius 3 is 2.00 bits per heavy atom. The van der Waals surface area contributed by atoms with Crippen molar-refractivity contribution in [2.24, 2.45) is 5.92 Å². The summed E-state index contributed by atoms with van der Waals surface area (Å²) in [7, 11) is 2.03. The van der Waals surface area contributed by atoms with E-state index in [1.54, 1.807) is 52.8 Å². The average molecular weight is 1200 g/mol. The lowest BCUT2D eigenvalue weighted by Crippen LogP contribution is -2.51. The molecule has 4 aromatic carbocycles. The zero-order valence-corrected chi connectivity index (χ0v) is 49.4. The Hall–Kier alpha value is -8.49. The maximum absolute atomic E-state index is 14.4. The molecule has 87 heavy (non-hydrogen) atoms. The normalized spacial score (nSPS) is 16.4. The predicted octanol–water partition coefficient (Wildman–Crippen LogP) is 3.29. The van der Waals surface area contributed by atoms with Crippen molar-refractivity contribution in [3.05, 3.63) is 101 Å². The third kappa shape index (κ3) is 16.5. The fourth-order valence-corrected chi connectivity index (χ4v) is 10.9. The van der Waals surface area contributed by atoms with E-state index >= 15 is 0 Å². The van der Waals surface area contributed by atoms with Gasteiger partial charge in [0.1, 0.15) is 24.4 Å². The first-order chi connectivity index (χ1) is 42.1. The highest BCUT2D eigenvalue weighted by molar-refractivity contribution is 6.13. The predicted molar refractivity (Wildman–Crippen MR) is 320 cm³/mol. The van der Waals surface area contributed by atoms with Crippen LogP contribution in [0, 0.1) is 5.92 Å². The van der Waals surface area contributed by atoms with Crippen molar-refractivity contribution >= 4 is 87.1 Å². The number of benzene rings is 4. The largest absolute Gasteiger partial charge is 0.444 e. The fourth-order valence-electron chi connectivity index (χ4n) is 10.9. The molecule has 0 saturated carbocycles. The van der Waals surface area contributed by atoms with Gasteiger partial charge >= 0.3 is 12.2 Å². The maximum Gasteiger partial charge on any atom is 0.415 e. The molecule has 0 aromatic heterocycles. The number of piperazine rings is 1. The highest BCUT2D eigenvalue weighted by Gasteiger charge is 2.39. The van der Waals surface area contributed by atoms with Crippen LogP contribution in [0.4, 0.5) is 32.3 Å². The van der Waals surface area contributed by atoms with Crippen LogP contribution in [0.3, 0.4) is 0 Å². The molecule has 5 heterocycles. The van der Waals surface area contributed by atoms with Gasteiger partial charge in [-0.2, -0.15) is 0 Å². The van der Waals surface area contributed by atoms with Crippen LogP contribution < -0.4 is 41.1 Å². The Labute approximate surface area is 504 Å². The number of fused-ring (bicyclic) bond motifs is 6. The molecule has 4 aromatic rings. The lowest BCUT2D eigenvalue weighted by Gasteiger charge is -2.31. The molecule has 25 nitrogen and oxygen atoms in total. The Balaban J connectivity index is 0.627. The van der Waals surface area contributed by atoms with E-state index in [1.807, 2.05) is 49.5 Å². The minimum Gasteiger partial charge on any atom is -0.444 e. The molecule has 1 fully saturated rings. The summed E-state index contributed by atoms with van der Waals surface area (Å²) in [5.74, 6) is -2.47. The second kappa shape index (κ2) is 30.2. The zero-order valence-electron chi connectivity index (χ0n) is 49.4. The van der Waals surface area contributed by atoms with E-state index in [0.717, 1.165) is 62.5 Å². The molecular weight excluding hydrogens is 1120 g/mol. The van der Waals surface area contributed by atoms with Gasteiger partial charge in [0.15, 0.2) is 0 Å². The van der Waals surface area contributed by atoms with Gasteiger partial charge < -0.3 is 69.7 Å². The van der Waals surface area contributed by atoms with Gasteiger partial charge in [-0.05, 0) is 77.7 Å². The number of imide groups is 1. The van der Waals surface area contributed by atoms with E-state index in [0.29, 0.717) is 88.9 Å². The Morgan fingerprint density at radius 1 is 0.644 bits per heavy atom. The van der Waals surface area contributed by atoms with Gasteiger partial charge in [-0.3, -0.25) is 43.4 Å². The molecular formula is C62H76N10O15. The van der Waals surface area contributed by atoms with Gasteiger partial charge in [0, 0.05) is 107 Å². The van der Waals surface area contributed by atoms with Crippen LogP contribution in [0.15, 0.2) is 78.9 Å². The quantitative estimate of drug-likeness (QED) is 0.0403. The number of carbonyl (C=O) groups excluding carboxylic acids is 9. The highest BCUT2D eigenvalue weighted by Crippen LogP contribution is 2.43. The smallest absolute Gasteiger partial charge is 0.415 e. The number of nitrogens with one attached hydrogen (secondary N) is 5. The summed E-state index contributed by atoms with van der Waals surface area (Å²) in [5.41, 5.74) is 6.51. The van der Waals surface area contributed by atoms with Crippen LogP contribution in [0.5, 0.6) is 5.75 Å². The van der Waals surface area contributed by atoms with Crippen LogP contribution >= 0.6 is 0 Å². The van der Waals surface area contributed by atoms with Crippen molar-refractivity contribution in [1.82, 2.24) is 30.7 Å². The van der Waals surface area contributed by atoms with E-state index in [1.165, 1.54) is 12.2 Å². The third-order valence-electron chi connectivity index (χ3n) is 15.6. The number of hydrogen-bond donors (Lipinski definition) is 5. The second-order valence-corrected chi connectivity index (χ2v) is 22.0. The standard InChI is InChI=1S/C62H76N10O15/c1-40(2)58(67-54(74)19-28-82-30-32-84-34-35-85-33-31-83-29-20-63-53(73)18-23-72-56(76)14-15-57(72)77)59(78)64-38-55(75)65-42-10-8-41(9-11-42)39-86-62(81)71-22-17-45-47-36-49(66-48(47)12-13-50(45)71)60(79)70-21-16-44-43-6-4-5-7-46(43)52(37-51(44)70)87-61(80)69-26-24-68(3)25-27-69/h4-15,37,40,49,58,66H,16-36,38-39H2,1-3H3,(H,63,73)(H,64,78)(H,65,75)(H,67,74)/t49?,58-/m0/s1. The minimum atomic E-state index is -0.891. The molecule has 1 saturated heterocycles. The first-order valence-corrected chi connectivity index (χ1v) is 29.6. The van der Waals surface area contributed by atoms with E-state index < -0.39 is 53.8 Å². The van der Waals surface area contributed by atoms with Gasteiger partial charge in [-0.1, -0.05) is 50.2 Å². The van der Waals surface area contributed by atoms with Crippen molar-refractivity contribution in [2.45, 2.75) is 64.6 Å². The summed E-state index contributed by atoms with van der Waals surface area (Å²) >= 11 is 0. The van der Waals surface area contributed by atoms with Crippen molar-refractivity contribution in [2.75, 3.05) is 139 Å². The van der Waals surface area contributed by atoms with Gasteiger partial charge in [-0.25, -0.2) is 9.59 Å². The van der Waals surface area contributed by atoms with Crippen LogP contribution in [0.1, 0.15) is 48.9 Å². The highest BCUT2D eigenvalue weighted by atomic mass is 16.6. The maximum atomic E-state index is 14.4. The summed E-state index contributed by atoms with van der Waals surface area (Å²) in [6, 6.07) is 18.8. The van der Waals surface area contributed by atoms with E-state index in [-0.39, 0.29) is 83.2 Å². The summed E-state index contributed by atoms with van der Waals surface area (Å²) in [4.78, 5) is 123.